The van der Waals surface area contributed by atoms with Crippen LogP contribution in [0.5, 0.6) is 0 Å². The van der Waals surface area contributed by atoms with Crippen LogP contribution in [0.3, 0.4) is 0 Å². The minimum atomic E-state index is -0.337. The second-order valence-electron chi connectivity index (χ2n) is 5.78. The van der Waals surface area contributed by atoms with Crippen molar-refractivity contribution in [1.29, 1.82) is 0 Å². The molecule has 1 unspecified atom stereocenters. The van der Waals surface area contributed by atoms with Crippen LogP contribution in [0.15, 0.2) is 29.1 Å². The number of hydrogen-bond acceptors (Lipinski definition) is 6. The van der Waals surface area contributed by atoms with Crippen LogP contribution in [0.2, 0.25) is 0 Å². The van der Waals surface area contributed by atoms with Crippen LogP contribution in [0.1, 0.15) is 35.2 Å². The maximum absolute atomic E-state index is 12.7. The van der Waals surface area contributed by atoms with Gasteiger partial charge in [-0.05, 0) is 25.0 Å². The molecule has 122 valence electrons. The summed E-state index contributed by atoms with van der Waals surface area (Å²) in [7, 11) is 0. The Labute approximate surface area is 136 Å². The van der Waals surface area contributed by atoms with E-state index in [0.29, 0.717) is 29.9 Å². The molecule has 2 aromatic heterocycles. The molecular formula is C15H15N7O2. The van der Waals surface area contributed by atoms with E-state index in [1.54, 1.807) is 17.0 Å². The van der Waals surface area contributed by atoms with Crippen LogP contribution in [-0.2, 0) is 0 Å². The van der Waals surface area contributed by atoms with Gasteiger partial charge in [-0.2, -0.15) is 5.10 Å². The molecule has 0 saturated carbocycles. The van der Waals surface area contributed by atoms with E-state index in [1.807, 2.05) is 12.1 Å². The van der Waals surface area contributed by atoms with Gasteiger partial charge in [0.25, 0.3) is 5.91 Å². The number of likely N-dealkylation sites (tertiary alicyclic amines) is 1. The minimum absolute atomic E-state index is 0.00457. The van der Waals surface area contributed by atoms with Crippen molar-refractivity contribution in [2.45, 2.75) is 18.8 Å². The summed E-state index contributed by atoms with van der Waals surface area (Å²) in [6, 6.07) is 7.29. The Balaban J connectivity index is 1.57. The fraction of sp³-hybridized carbons (Fsp3) is 0.333. The highest BCUT2D eigenvalue weighted by molar-refractivity contribution is 5.92. The molecule has 0 radical (unpaired) electrons. The monoisotopic (exact) mass is 325 g/mol. The van der Waals surface area contributed by atoms with Crippen LogP contribution >= 0.6 is 0 Å². The summed E-state index contributed by atoms with van der Waals surface area (Å²) in [6.45, 7) is 1.09. The van der Waals surface area contributed by atoms with Crippen molar-refractivity contribution < 1.29 is 4.79 Å². The predicted molar refractivity (Wildman–Crippen MR) is 84.4 cm³/mol. The first-order chi connectivity index (χ1) is 11.7. The number of hydrogen-bond donors (Lipinski definition) is 2. The zero-order valence-electron chi connectivity index (χ0n) is 12.8. The standard InChI is InChI=1S/C15H15N7O2/c23-14(13-16-10-5-1-2-6-11(10)18-20-13)22-7-3-4-9(8-22)12-17-15(24)21-19-12/h1-2,5-6,9H,3-4,7-8H2,(H2,17,19,21,24). The number of aromatic nitrogens is 6. The van der Waals surface area contributed by atoms with E-state index < -0.39 is 0 Å². The van der Waals surface area contributed by atoms with E-state index in [2.05, 4.69) is 30.4 Å². The Morgan fingerprint density at radius 2 is 2.04 bits per heavy atom. The van der Waals surface area contributed by atoms with Crippen molar-refractivity contribution in [3.63, 3.8) is 0 Å². The average molecular weight is 325 g/mol. The molecule has 0 bridgehead atoms. The van der Waals surface area contributed by atoms with Crippen LogP contribution < -0.4 is 5.69 Å². The van der Waals surface area contributed by atoms with Gasteiger partial charge in [0.2, 0.25) is 5.82 Å². The fourth-order valence-corrected chi connectivity index (χ4v) is 2.97. The van der Waals surface area contributed by atoms with Crippen LogP contribution in [0, 0.1) is 0 Å². The summed E-state index contributed by atoms with van der Waals surface area (Å²) in [5.74, 6) is 0.408. The van der Waals surface area contributed by atoms with Gasteiger partial charge in [0.05, 0.1) is 5.52 Å². The molecule has 0 spiro atoms. The number of H-pyrrole nitrogens is 2. The molecular weight excluding hydrogens is 310 g/mol. The molecule has 9 nitrogen and oxygen atoms in total. The molecule has 1 fully saturated rings. The summed E-state index contributed by atoms with van der Waals surface area (Å²) < 4.78 is 0. The molecule has 0 aliphatic carbocycles. The highest BCUT2D eigenvalue weighted by Gasteiger charge is 2.28. The van der Waals surface area contributed by atoms with E-state index >= 15 is 0 Å². The molecule has 24 heavy (non-hydrogen) atoms. The van der Waals surface area contributed by atoms with Crippen molar-refractivity contribution in [3.8, 4) is 0 Å². The number of carbonyl (C=O) groups excluding carboxylic acids is 1. The number of para-hydroxylation sites is 1. The van der Waals surface area contributed by atoms with Crippen molar-refractivity contribution in [1.82, 2.24) is 35.3 Å². The van der Waals surface area contributed by atoms with Crippen LogP contribution in [0.4, 0.5) is 0 Å². The Morgan fingerprint density at radius 1 is 1.21 bits per heavy atom. The smallest absolute Gasteiger partial charge is 0.335 e. The highest BCUT2D eigenvalue weighted by atomic mass is 16.2. The van der Waals surface area contributed by atoms with Gasteiger partial charge in [0, 0.05) is 19.0 Å². The first kappa shape index (κ1) is 14.5. The Morgan fingerprint density at radius 3 is 2.83 bits per heavy atom. The Kier molecular flexibility index (Phi) is 3.52. The lowest BCUT2D eigenvalue weighted by Gasteiger charge is -2.30. The van der Waals surface area contributed by atoms with Gasteiger partial charge >= 0.3 is 5.69 Å². The molecule has 2 N–H and O–H groups in total. The second kappa shape index (κ2) is 5.84. The van der Waals surface area contributed by atoms with E-state index in [4.69, 9.17) is 0 Å². The molecule has 1 atom stereocenters. The molecule has 3 aromatic rings. The van der Waals surface area contributed by atoms with Gasteiger partial charge in [-0.15, -0.1) is 10.2 Å². The number of fused-ring (bicyclic) bond motifs is 1. The van der Waals surface area contributed by atoms with Gasteiger partial charge in [0.15, 0.2) is 0 Å². The van der Waals surface area contributed by atoms with Gasteiger partial charge in [0.1, 0.15) is 11.3 Å². The van der Waals surface area contributed by atoms with Crippen molar-refractivity contribution in [2.24, 2.45) is 0 Å². The third-order valence-electron chi connectivity index (χ3n) is 4.17. The van der Waals surface area contributed by atoms with E-state index in [0.717, 1.165) is 12.8 Å². The Hall–Kier alpha value is -3.10. The minimum Gasteiger partial charge on any atom is -0.335 e. The van der Waals surface area contributed by atoms with E-state index in [9.17, 15) is 9.59 Å². The van der Waals surface area contributed by atoms with Crippen molar-refractivity contribution >= 4 is 16.9 Å². The summed E-state index contributed by atoms with van der Waals surface area (Å²) in [4.78, 5) is 32.6. The number of nitrogens with zero attached hydrogens (tertiary/aromatic N) is 5. The van der Waals surface area contributed by atoms with Gasteiger partial charge in [-0.1, -0.05) is 12.1 Å². The molecule has 4 rings (SSSR count). The maximum Gasteiger partial charge on any atom is 0.340 e. The van der Waals surface area contributed by atoms with Gasteiger partial charge in [-0.3, -0.25) is 9.78 Å². The largest absolute Gasteiger partial charge is 0.340 e. The summed E-state index contributed by atoms with van der Waals surface area (Å²) in [5.41, 5.74) is 0.955. The molecule has 1 aromatic carbocycles. The lowest BCUT2D eigenvalue weighted by atomic mass is 9.97. The average Bonchev–Trinajstić information content (AvgIpc) is 3.07. The van der Waals surface area contributed by atoms with Crippen molar-refractivity contribution in [2.75, 3.05) is 13.1 Å². The third-order valence-corrected chi connectivity index (χ3v) is 4.17. The first-order valence-corrected chi connectivity index (χ1v) is 7.74. The summed E-state index contributed by atoms with van der Waals surface area (Å²) in [5, 5.41) is 14.3. The van der Waals surface area contributed by atoms with Crippen molar-refractivity contribution in [3.05, 3.63) is 46.4 Å². The second-order valence-corrected chi connectivity index (χ2v) is 5.78. The zero-order valence-corrected chi connectivity index (χ0v) is 12.8. The third kappa shape index (κ3) is 2.64. The lowest BCUT2D eigenvalue weighted by Crippen LogP contribution is -2.40. The Bertz CT molecular complexity index is 948. The molecule has 1 saturated heterocycles. The number of carbonyl (C=O) groups is 1. The fourth-order valence-electron chi connectivity index (χ4n) is 2.97. The molecule has 9 heteroatoms. The van der Waals surface area contributed by atoms with Gasteiger partial charge < -0.3 is 4.90 Å². The zero-order chi connectivity index (χ0) is 16.5. The highest BCUT2D eigenvalue weighted by Crippen LogP contribution is 2.24. The number of nitrogens with one attached hydrogen (secondary N) is 2. The molecule has 1 aliphatic heterocycles. The first-order valence-electron chi connectivity index (χ1n) is 7.74. The summed E-state index contributed by atoms with van der Waals surface area (Å²) in [6.07, 6.45) is 1.69. The number of aromatic amines is 2. The normalized spacial score (nSPS) is 18.0. The maximum atomic E-state index is 12.7. The predicted octanol–water partition coefficient (Wildman–Crippen LogP) is 0.456. The summed E-state index contributed by atoms with van der Waals surface area (Å²) >= 11 is 0. The molecule has 3 heterocycles. The quantitative estimate of drug-likeness (QED) is 0.706. The van der Waals surface area contributed by atoms with Crippen LogP contribution in [-0.4, -0.2) is 54.3 Å². The van der Waals surface area contributed by atoms with E-state index in [1.165, 1.54) is 0 Å². The number of rotatable bonds is 2. The van der Waals surface area contributed by atoms with E-state index in [-0.39, 0.29) is 23.3 Å². The number of amides is 1. The lowest BCUT2D eigenvalue weighted by molar-refractivity contribution is 0.0691. The molecule has 1 amide bonds. The number of benzene rings is 1. The molecule has 1 aliphatic rings. The SMILES string of the molecule is O=C(c1nnc2ccccc2n1)N1CCCC(c2n[nH]c(=O)[nH]2)C1. The van der Waals surface area contributed by atoms with Crippen LogP contribution in [0.25, 0.3) is 11.0 Å². The number of piperidine rings is 1. The van der Waals surface area contributed by atoms with Gasteiger partial charge in [-0.25, -0.2) is 14.9 Å². The topological polar surface area (TPSA) is 121 Å².